The van der Waals surface area contributed by atoms with Gasteiger partial charge in [-0.25, -0.2) is 19.6 Å². The van der Waals surface area contributed by atoms with Crippen molar-refractivity contribution in [2.45, 2.75) is 6.61 Å². The second-order valence-electron chi connectivity index (χ2n) is 5.45. The number of esters is 1. The first kappa shape index (κ1) is 18.1. The van der Waals surface area contributed by atoms with Crippen LogP contribution in [0.4, 0.5) is 10.7 Å². The summed E-state index contributed by atoms with van der Waals surface area (Å²) >= 11 is 0. The maximum atomic E-state index is 12.0. The van der Waals surface area contributed by atoms with Gasteiger partial charge in [-0.1, -0.05) is 30.3 Å². The monoisotopic (exact) mass is 367 g/mol. The molecule has 1 N–H and O–H groups in total. The molecule has 0 fully saturated rings. The quantitative estimate of drug-likeness (QED) is 0.691. The van der Waals surface area contributed by atoms with Gasteiger partial charge in [0.1, 0.15) is 17.9 Å². The summed E-state index contributed by atoms with van der Waals surface area (Å²) in [6.45, 7) is 0.121. The van der Waals surface area contributed by atoms with Crippen LogP contribution in [0, 0.1) is 0 Å². The molecule has 0 aliphatic heterocycles. The van der Waals surface area contributed by atoms with E-state index >= 15 is 0 Å². The number of benzene rings is 2. The standard InChI is InChI=1S/C19H17N3O5/c1-25-15-9-8-13(17(23)26-2)14-10-20-18(21-16(14)15)22-19(24)27-11-12-6-4-3-5-7-12/h3-10H,11H2,1-2H3,(H,20,21,22,24). The van der Waals surface area contributed by atoms with Gasteiger partial charge in [0.15, 0.2) is 0 Å². The number of nitrogens with zero attached hydrogens (tertiary/aromatic N) is 2. The first-order chi connectivity index (χ1) is 13.1. The number of amides is 1. The van der Waals surface area contributed by atoms with Gasteiger partial charge < -0.3 is 14.2 Å². The Bertz CT molecular complexity index is 976. The van der Waals surface area contributed by atoms with Crippen molar-refractivity contribution in [3.05, 3.63) is 59.8 Å². The topological polar surface area (TPSA) is 99.6 Å². The zero-order valence-corrected chi connectivity index (χ0v) is 14.8. The molecule has 8 heteroatoms. The van der Waals surface area contributed by atoms with Gasteiger partial charge in [0, 0.05) is 11.6 Å². The summed E-state index contributed by atoms with van der Waals surface area (Å²) in [6, 6.07) is 12.4. The number of fused-ring (bicyclic) bond motifs is 1. The molecular weight excluding hydrogens is 350 g/mol. The van der Waals surface area contributed by atoms with Gasteiger partial charge >= 0.3 is 12.1 Å². The van der Waals surface area contributed by atoms with Crippen molar-refractivity contribution in [2.24, 2.45) is 0 Å². The average molecular weight is 367 g/mol. The van der Waals surface area contributed by atoms with Crippen LogP contribution in [-0.4, -0.2) is 36.3 Å². The molecule has 0 unspecified atom stereocenters. The number of anilines is 1. The molecule has 27 heavy (non-hydrogen) atoms. The molecule has 3 aromatic rings. The van der Waals surface area contributed by atoms with Crippen molar-refractivity contribution in [2.75, 3.05) is 19.5 Å². The fourth-order valence-corrected chi connectivity index (χ4v) is 2.46. The Morgan fingerprint density at radius 3 is 2.56 bits per heavy atom. The minimum absolute atomic E-state index is 0.0286. The third-order valence-corrected chi connectivity index (χ3v) is 3.77. The molecule has 1 heterocycles. The van der Waals surface area contributed by atoms with Gasteiger partial charge in [-0.2, -0.15) is 0 Å². The maximum Gasteiger partial charge on any atom is 0.414 e. The third kappa shape index (κ3) is 4.12. The van der Waals surface area contributed by atoms with Gasteiger partial charge in [-0.3, -0.25) is 5.32 Å². The van der Waals surface area contributed by atoms with Crippen LogP contribution in [-0.2, 0) is 16.1 Å². The second kappa shape index (κ2) is 8.13. The Balaban J connectivity index is 1.81. The molecule has 138 valence electrons. The molecule has 0 radical (unpaired) electrons. The van der Waals surface area contributed by atoms with Crippen LogP contribution >= 0.6 is 0 Å². The fraction of sp³-hybridized carbons (Fsp3) is 0.158. The van der Waals surface area contributed by atoms with E-state index in [0.717, 1.165) is 5.56 Å². The van der Waals surface area contributed by atoms with E-state index in [9.17, 15) is 9.59 Å². The zero-order valence-electron chi connectivity index (χ0n) is 14.8. The molecule has 1 aromatic heterocycles. The van der Waals surface area contributed by atoms with E-state index in [0.29, 0.717) is 22.2 Å². The lowest BCUT2D eigenvalue weighted by Crippen LogP contribution is -2.15. The predicted molar refractivity (Wildman–Crippen MR) is 97.7 cm³/mol. The molecule has 0 spiro atoms. The molecule has 0 aliphatic rings. The van der Waals surface area contributed by atoms with Gasteiger partial charge in [0.2, 0.25) is 5.95 Å². The number of rotatable bonds is 5. The van der Waals surface area contributed by atoms with Crippen LogP contribution < -0.4 is 10.1 Å². The van der Waals surface area contributed by atoms with Crippen molar-refractivity contribution < 1.29 is 23.8 Å². The van der Waals surface area contributed by atoms with E-state index in [2.05, 4.69) is 15.3 Å². The largest absolute Gasteiger partial charge is 0.494 e. The summed E-state index contributed by atoms with van der Waals surface area (Å²) in [6.07, 6.45) is 0.727. The van der Waals surface area contributed by atoms with E-state index < -0.39 is 12.1 Å². The van der Waals surface area contributed by atoms with Crippen molar-refractivity contribution in [3.8, 4) is 5.75 Å². The van der Waals surface area contributed by atoms with E-state index in [1.54, 1.807) is 12.1 Å². The zero-order chi connectivity index (χ0) is 19.2. The van der Waals surface area contributed by atoms with E-state index in [-0.39, 0.29) is 12.6 Å². The normalized spacial score (nSPS) is 10.3. The van der Waals surface area contributed by atoms with Crippen molar-refractivity contribution >= 4 is 28.9 Å². The Labute approximate surface area is 155 Å². The highest BCUT2D eigenvalue weighted by molar-refractivity contribution is 6.05. The number of hydrogen-bond acceptors (Lipinski definition) is 7. The predicted octanol–water partition coefficient (Wildman–Crippen LogP) is 3.17. The average Bonchev–Trinajstić information content (AvgIpc) is 2.71. The van der Waals surface area contributed by atoms with Crippen LogP contribution in [0.25, 0.3) is 10.9 Å². The third-order valence-electron chi connectivity index (χ3n) is 3.77. The first-order valence-corrected chi connectivity index (χ1v) is 8.02. The first-order valence-electron chi connectivity index (χ1n) is 8.02. The highest BCUT2D eigenvalue weighted by Crippen LogP contribution is 2.27. The van der Waals surface area contributed by atoms with Crippen molar-refractivity contribution in [1.82, 2.24) is 9.97 Å². The molecule has 0 atom stereocenters. The van der Waals surface area contributed by atoms with Gasteiger partial charge in [-0.05, 0) is 17.7 Å². The fourth-order valence-electron chi connectivity index (χ4n) is 2.46. The molecule has 1 amide bonds. The van der Waals surface area contributed by atoms with Crippen molar-refractivity contribution in [3.63, 3.8) is 0 Å². The number of nitrogens with one attached hydrogen (secondary N) is 1. The minimum atomic E-state index is -0.693. The molecule has 3 rings (SSSR count). The highest BCUT2D eigenvalue weighted by atomic mass is 16.5. The van der Waals surface area contributed by atoms with E-state index in [4.69, 9.17) is 14.2 Å². The van der Waals surface area contributed by atoms with E-state index in [1.165, 1.54) is 20.4 Å². The van der Waals surface area contributed by atoms with Crippen LogP contribution in [0.3, 0.4) is 0 Å². The number of hydrogen-bond donors (Lipinski definition) is 1. The van der Waals surface area contributed by atoms with Gasteiger partial charge in [0.25, 0.3) is 0 Å². The Hall–Kier alpha value is -3.68. The number of carbonyl (C=O) groups excluding carboxylic acids is 2. The van der Waals surface area contributed by atoms with E-state index in [1.807, 2.05) is 30.3 Å². The molecule has 0 saturated carbocycles. The SMILES string of the molecule is COC(=O)c1ccc(OC)c2nc(NC(=O)OCc3ccccc3)ncc12. The number of carbonyl (C=O) groups is 2. The Morgan fingerprint density at radius 1 is 1.07 bits per heavy atom. The van der Waals surface area contributed by atoms with Crippen LogP contribution in [0.15, 0.2) is 48.7 Å². The summed E-state index contributed by atoms with van der Waals surface area (Å²) < 4.78 is 15.2. The summed E-state index contributed by atoms with van der Waals surface area (Å²) in [4.78, 5) is 32.2. The van der Waals surface area contributed by atoms with Gasteiger partial charge in [-0.15, -0.1) is 0 Å². The van der Waals surface area contributed by atoms with Crippen molar-refractivity contribution in [1.29, 1.82) is 0 Å². The lowest BCUT2D eigenvalue weighted by molar-refractivity contribution is 0.0603. The molecule has 0 bridgehead atoms. The maximum absolute atomic E-state index is 12.0. The smallest absolute Gasteiger partial charge is 0.414 e. The minimum Gasteiger partial charge on any atom is -0.494 e. The van der Waals surface area contributed by atoms with Crippen LogP contribution in [0.5, 0.6) is 5.75 Å². The highest BCUT2D eigenvalue weighted by Gasteiger charge is 2.16. The summed E-state index contributed by atoms with van der Waals surface area (Å²) in [5.41, 5.74) is 1.52. The molecule has 0 aliphatic carbocycles. The van der Waals surface area contributed by atoms with Crippen LogP contribution in [0.2, 0.25) is 0 Å². The lowest BCUT2D eigenvalue weighted by atomic mass is 10.1. The molecule has 2 aromatic carbocycles. The Kier molecular flexibility index (Phi) is 5.46. The summed E-state index contributed by atoms with van der Waals surface area (Å²) in [5.74, 6) is -0.0594. The Morgan fingerprint density at radius 2 is 1.85 bits per heavy atom. The molecule has 0 saturated heterocycles. The second-order valence-corrected chi connectivity index (χ2v) is 5.45. The summed E-state index contributed by atoms with van der Waals surface area (Å²) in [7, 11) is 2.77. The summed E-state index contributed by atoms with van der Waals surface area (Å²) in [5, 5.41) is 2.91. The number of aromatic nitrogens is 2. The number of ether oxygens (including phenoxy) is 3. The number of methoxy groups -OCH3 is 2. The van der Waals surface area contributed by atoms with Crippen LogP contribution in [0.1, 0.15) is 15.9 Å². The molecular formula is C19H17N3O5. The lowest BCUT2D eigenvalue weighted by Gasteiger charge is -2.10. The molecule has 8 nitrogen and oxygen atoms in total. The van der Waals surface area contributed by atoms with Gasteiger partial charge in [0.05, 0.1) is 19.8 Å².